The minimum absolute atomic E-state index is 0.247. The van der Waals surface area contributed by atoms with Crippen LogP contribution in [0.4, 0.5) is 0 Å². The van der Waals surface area contributed by atoms with Gasteiger partial charge in [-0.05, 0) is 44.0 Å². The van der Waals surface area contributed by atoms with Crippen LogP contribution in [0.1, 0.15) is 38.2 Å². The lowest BCUT2D eigenvalue weighted by Gasteiger charge is -2.38. The molecule has 2 aliphatic rings. The monoisotopic (exact) mass is 343 g/mol. The van der Waals surface area contributed by atoms with Gasteiger partial charge in [-0.3, -0.25) is 4.79 Å². The van der Waals surface area contributed by atoms with Crippen molar-refractivity contribution in [2.24, 2.45) is 5.92 Å². The zero-order valence-corrected chi connectivity index (χ0v) is 15.9. The Morgan fingerprint density at radius 2 is 1.64 bits per heavy atom. The van der Waals surface area contributed by atoms with Crippen molar-refractivity contribution < 1.29 is 4.79 Å². The molecule has 1 aromatic carbocycles. The van der Waals surface area contributed by atoms with Gasteiger partial charge in [0, 0.05) is 38.6 Å². The minimum atomic E-state index is 0.247. The van der Waals surface area contributed by atoms with Gasteiger partial charge in [-0.1, -0.05) is 44.2 Å². The standard InChI is InChI=1S/C21H33N3O/c1-3-22-13-15-24(16-14-22)21(25)20-9-11-23(12-10-20)17-18(2)19-7-5-4-6-8-19/h4-8,18,20H,3,9-17H2,1-2H3. The van der Waals surface area contributed by atoms with E-state index in [4.69, 9.17) is 0 Å². The number of benzene rings is 1. The summed E-state index contributed by atoms with van der Waals surface area (Å²) >= 11 is 0. The van der Waals surface area contributed by atoms with E-state index in [9.17, 15) is 4.79 Å². The van der Waals surface area contributed by atoms with Crippen LogP contribution in [-0.2, 0) is 4.79 Å². The second kappa shape index (κ2) is 8.81. The van der Waals surface area contributed by atoms with E-state index in [2.05, 4.69) is 58.9 Å². The Bertz CT molecular complexity index is 531. The molecule has 1 amide bonds. The predicted molar refractivity (Wildman–Crippen MR) is 103 cm³/mol. The van der Waals surface area contributed by atoms with Crippen molar-refractivity contribution in [2.75, 3.05) is 52.4 Å². The molecule has 2 fully saturated rings. The molecule has 1 unspecified atom stereocenters. The van der Waals surface area contributed by atoms with E-state index in [1.54, 1.807) is 0 Å². The van der Waals surface area contributed by atoms with E-state index >= 15 is 0 Å². The van der Waals surface area contributed by atoms with Gasteiger partial charge in [0.1, 0.15) is 0 Å². The van der Waals surface area contributed by atoms with Gasteiger partial charge in [-0.25, -0.2) is 0 Å². The van der Waals surface area contributed by atoms with Crippen LogP contribution in [0.15, 0.2) is 30.3 Å². The number of hydrogen-bond acceptors (Lipinski definition) is 3. The molecule has 0 aliphatic carbocycles. The van der Waals surface area contributed by atoms with Crippen LogP contribution < -0.4 is 0 Å². The number of piperazine rings is 1. The van der Waals surface area contributed by atoms with Crippen molar-refractivity contribution in [2.45, 2.75) is 32.6 Å². The second-order valence-corrected chi connectivity index (χ2v) is 7.65. The zero-order chi connectivity index (χ0) is 17.6. The molecule has 25 heavy (non-hydrogen) atoms. The van der Waals surface area contributed by atoms with Crippen molar-refractivity contribution in [3.05, 3.63) is 35.9 Å². The van der Waals surface area contributed by atoms with Gasteiger partial charge < -0.3 is 14.7 Å². The highest BCUT2D eigenvalue weighted by Gasteiger charge is 2.30. The summed E-state index contributed by atoms with van der Waals surface area (Å²) in [4.78, 5) is 19.9. The Balaban J connectivity index is 1.43. The van der Waals surface area contributed by atoms with Crippen molar-refractivity contribution in [1.82, 2.24) is 14.7 Å². The molecule has 138 valence electrons. The number of likely N-dealkylation sites (N-methyl/N-ethyl adjacent to an activating group) is 1. The number of carbonyl (C=O) groups excluding carboxylic acids is 1. The van der Waals surface area contributed by atoms with Gasteiger partial charge in [0.05, 0.1) is 0 Å². The Hall–Kier alpha value is -1.39. The first-order valence-electron chi connectivity index (χ1n) is 9.95. The number of nitrogens with zero attached hydrogens (tertiary/aromatic N) is 3. The number of piperidine rings is 1. The summed E-state index contributed by atoms with van der Waals surface area (Å²) in [6.07, 6.45) is 2.04. The summed E-state index contributed by atoms with van der Waals surface area (Å²) in [6, 6.07) is 10.8. The fourth-order valence-corrected chi connectivity index (χ4v) is 4.18. The number of carbonyl (C=O) groups is 1. The van der Waals surface area contributed by atoms with Gasteiger partial charge in [-0.15, -0.1) is 0 Å². The quantitative estimate of drug-likeness (QED) is 0.822. The van der Waals surface area contributed by atoms with E-state index in [1.165, 1.54) is 5.56 Å². The summed E-state index contributed by atoms with van der Waals surface area (Å²) in [5.74, 6) is 1.21. The first kappa shape index (κ1) is 18.4. The molecule has 2 aliphatic heterocycles. The first-order chi connectivity index (χ1) is 12.2. The lowest BCUT2D eigenvalue weighted by Crippen LogP contribution is -2.51. The lowest BCUT2D eigenvalue weighted by atomic mass is 9.93. The largest absolute Gasteiger partial charge is 0.340 e. The molecule has 4 nitrogen and oxygen atoms in total. The van der Waals surface area contributed by atoms with Crippen molar-refractivity contribution in [3.8, 4) is 0 Å². The van der Waals surface area contributed by atoms with Gasteiger partial charge in [0.15, 0.2) is 0 Å². The fraction of sp³-hybridized carbons (Fsp3) is 0.667. The van der Waals surface area contributed by atoms with Crippen LogP contribution in [0.25, 0.3) is 0 Å². The summed E-state index contributed by atoms with van der Waals surface area (Å²) in [5, 5.41) is 0. The van der Waals surface area contributed by atoms with E-state index in [1.807, 2.05) is 0 Å². The molecule has 1 atom stereocenters. The molecule has 2 saturated heterocycles. The molecule has 0 saturated carbocycles. The average Bonchev–Trinajstić information content (AvgIpc) is 2.69. The Labute approximate surface area is 152 Å². The second-order valence-electron chi connectivity index (χ2n) is 7.65. The van der Waals surface area contributed by atoms with Gasteiger partial charge in [0.25, 0.3) is 0 Å². The highest BCUT2D eigenvalue weighted by molar-refractivity contribution is 5.79. The third-order valence-corrected chi connectivity index (χ3v) is 5.97. The molecule has 0 radical (unpaired) electrons. The van der Waals surface area contributed by atoms with Gasteiger partial charge >= 0.3 is 0 Å². The molecule has 0 spiro atoms. The van der Waals surface area contributed by atoms with E-state index in [0.717, 1.165) is 65.2 Å². The molecule has 1 aromatic rings. The summed E-state index contributed by atoms with van der Waals surface area (Å²) in [5.41, 5.74) is 1.41. The number of likely N-dealkylation sites (tertiary alicyclic amines) is 1. The maximum Gasteiger partial charge on any atom is 0.225 e. The molecule has 2 heterocycles. The SMILES string of the molecule is CCN1CCN(C(=O)C2CCN(CC(C)c3ccccc3)CC2)CC1. The fourth-order valence-electron chi connectivity index (χ4n) is 4.18. The Morgan fingerprint density at radius 1 is 1.00 bits per heavy atom. The van der Waals surface area contributed by atoms with Gasteiger partial charge in [-0.2, -0.15) is 0 Å². The average molecular weight is 344 g/mol. The normalized spacial score (nSPS) is 22.1. The Morgan fingerprint density at radius 3 is 2.24 bits per heavy atom. The van der Waals surface area contributed by atoms with E-state index < -0.39 is 0 Å². The molecular weight excluding hydrogens is 310 g/mol. The minimum Gasteiger partial charge on any atom is -0.340 e. The summed E-state index contributed by atoms with van der Waals surface area (Å²) < 4.78 is 0. The third kappa shape index (κ3) is 4.83. The lowest BCUT2D eigenvalue weighted by molar-refractivity contribution is -0.138. The molecule has 0 N–H and O–H groups in total. The van der Waals surface area contributed by atoms with Gasteiger partial charge in [0.2, 0.25) is 5.91 Å². The zero-order valence-electron chi connectivity index (χ0n) is 15.9. The topological polar surface area (TPSA) is 26.8 Å². The van der Waals surface area contributed by atoms with Crippen LogP contribution in [-0.4, -0.2) is 73.0 Å². The summed E-state index contributed by atoms with van der Waals surface area (Å²) in [6.45, 7) is 12.7. The predicted octanol–water partition coefficient (Wildman–Crippen LogP) is 2.67. The number of hydrogen-bond donors (Lipinski definition) is 0. The first-order valence-corrected chi connectivity index (χ1v) is 9.95. The third-order valence-electron chi connectivity index (χ3n) is 5.97. The molecule has 0 aromatic heterocycles. The highest BCUT2D eigenvalue weighted by Crippen LogP contribution is 2.23. The molecule has 4 heteroatoms. The van der Waals surface area contributed by atoms with Crippen molar-refractivity contribution in [3.63, 3.8) is 0 Å². The molecule has 3 rings (SSSR count). The van der Waals surface area contributed by atoms with Crippen LogP contribution in [0.3, 0.4) is 0 Å². The van der Waals surface area contributed by atoms with E-state index in [0.29, 0.717) is 11.8 Å². The summed E-state index contributed by atoms with van der Waals surface area (Å²) in [7, 11) is 0. The van der Waals surface area contributed by atoms with Crippen molar-refractivity contribution >= 4 is 5.91 Å². The Kier molecular flexibility index (Phi) is 6.49. The highest BCUT2D eigenvalue weighted by atomic mass is 16.2. The number of amides is 1. The van der Waals surface area contributed by atoms with Crippen molar-refractivity contribution in [1.29, 1.82) is 0 Å². The van der Waals surface area contributed by atoms with Crippen LogP contribution >= 0.6 is 0 Å². The maximum absolute atomic E-state index is 12.8. The maximum atomic E-state index is 12.8. The molecular formula is C21H33N3O. The van der Waals surface area contributed by atoms with Crippen LogP contribution in [0.5, 0.6) is 0 Å². The van der Waals surface area contributed by atoms with E-state index in [-0.39, 0.29) is 5.92 Å². The van der Waals surface area contributed by atoms with Crippen LogP contribution in [0, 0.1) is 5.92 Å². The molecule has 0 bridgehead atoms. The smallest absolute Gasteiger partial charge is 0.225 e. The van der Waals surface area contributed by atoms with Crippen LogP contribution in [0.2, 0.25) is 0 Å². The number of rotatable bonds is 5.